The van der Waals surface area contributed by atoms with Crippen molar-refractivity contribution >= 4 is 41.4 Å². The fourth-order valence-electron chi connectivity index (χ4n) is 7.00. The molecule has 286 valence electrons. The second-order valence-corrected chi connectivity index (χ2v) is 14.7. The lowest BCUT2D eigenvalue weighted by atomic mass is 9.98. The first kappa shape index (κ1) is 40.0. The minimum absolute atomic E-state index is 0.00168. The van der Waals surface area contributed by atoms with Gasteiger partial charge in [-0.3, -0.25) is 33.6 Å². The van der Waals surface area contributed by atoms with E-state index in [1.54, 1.807) is 12.1 Å². The summed E-state index contributed by atoms with van der Waals surface area (Å²) >= 11 is 0. The molecular formula is C36H53N7O9. The van der Waals surface area contributed by atoms with Gasteiger partial charge in [-0.05, 0) is 68.1 Å². The maximum Gasteiger partial charge on any atom is 0.246 e. The monoisotopic (exact) mass is 727 g/mol. The molecule has 0 aromatic heterocycles. The molecule has 4 rings (SSSR count). The van der Waals surface area contributed by atoms with Gasteiger partial charge in [0.05, 0.1) is 13.2 Å². The largest absolute Gasteiger partial charge is 0.508 e. The first-order chi connectivity index (χ1) is 24.7. The van der Waals surface area contributed by atoms with Gasteiger partial charge in [-0.15, -0.1) is 0 Å². The van der Waals surface area contributed by atoms with Gasteiger partial charge in [0.1, 0.15) is 42.0 Å². The number of carbonyl (C=O) groups excluding carboxylic acids is 7. The minimum atomic E-state index is -1.43. The molecule has 3 saturated heterocycles. The summed E-state index contributed by atoms with van der Waals surface area (Å²) in [5.41, 5.74) is 0.582. The van der Waals surface area contributed by atoms with Gasteiger partial charge in [0, 0.05) is 19.5 Å². The Balaban J connectivity index is 1.70. The number of hydrogen-bond donors (Lipinski definition) is 7. The molecular weight excluding hydrogens is 674 g/mol. The normalized spacial score (nSPS) is 27.3. The molecule has 0 spiro atoms. The Morgan fingerprint density at radius 2 is 1.19 bits per heavy atom. The van der Waals surface area contributed by atoms with Crippen LogP contribution in [0.4, 0.5) is 0 Å². The highest BCUT2D eigenvalue weighted by Crippen LogP contribution is 2.26. The maximum atomic E-state index is 14.2. The average Bonchev–Trinajstić information content (AvgIpc) is 3.79. The van der Waals surface area contributed by atoms with E-state index in [0.29, 0.717) is 31.2 Å². The number of phenolic OH excluding ortho intramolecular Hbond substituents is 1. The first-order valence-corrected chi connectivity index (χ1v) is 18.2. The van der Waals surface area contributed by atoms with Crippen LogP contribution in [0.15, 0.2) is 24.3 Å². The third kappa shape index (κ3) is 10.4. The number of nitrogens with zero attached hydrogens (tertiary/aromatic N) is 2. The molecule has 16 heteroatoms. The van der Waals surface area contributed by atoms with Crippen molar-refractivity contribution < 1.29 is 43.8 Å². The second-order valence-electron chi connectivity index (χ2n) is 14.7. The van der Waals surface area contributed by atoms with Crippen LogP contribution < -0.4 is 26.6 Å². The molecule has 3 heterocycles. The molecule has 0 unspecified atom stereocenters. The summed E-state index contributed by atoms with van der Waals surface area (Å²) in [5, 5.41) is 32.8. The SMILES string of the molecule is CC(C)C[C@@H]1NC(=O)[C@H](Cc2ccc(O)cc2)NC(=O)CNC(=O)[C@H](CO)NC(=O)[C@@H]2CCCN2C(=O)[C@@H]2CCCN2C(=O)[C@H](CC(C)C)NC1=O. The zero-order chi connectivity index (χ0) is 38.1. The van der Waals surface area contributed by atoms with Crippen molar-refractivity contribution in [3.8, 4) is 5.75 Å². The molecule has 52 heavy (non-hydrogen) atoms. The van der Waals surface area contributed by atoms with E-state index in [0.717, 1.165) is 0 Å². The topological polar surface area (TPSA) is 227 Å². The van der Waals surface area contributed by atoms with Crippen LogP contribution in [0, 0.1) is 11.8 Å². The van der Waals surface area contributed by atoms with E-state index in [-0.39, 0.29) is 49.9 Å². The molecule has 0 aliphatic carbocycles. The summed E-state index contributed by atoms with van der Waals surface area (Å²) in [5.74, 6) is -4.49. The van der Waals surface area contributed by atoms with Crippen molar-refractivity contribution in [1.82, 2.24) is 36.4 Å². The predicted molar refractivity (Wildman–Crippen MR) is 188 cm³/mol. The zero-order valence-corrected chi connectivity index (χ0v) is 30.4. The molecule has 1 aromatic rings. The molecule has 3 aliphatic rings. The van der Waals surface area contributed by atoms with Crippen LogP contribution in [-0.4, -0.2) is 124 Å². The number of hydrogen-bond acceptors (Lipinski definition) is 9. The zero-order valence-electron chi connectivity index (χ0n) is 30.4. The Kier molecular flexibility index (Phi) is 14.0. The summed E-state index contributed by atoms with van der Waals surface area (Å²) in [6.45, 7) is 6.71. The number of rotatable bonds is 7. The van der Waals surface area contributed by atoms with Gasteiger partial charge >= 0.3 is 0 Å². The van der Waals surface area contributed by atoms with Crippen molar-refractivity contribution in [2.75, 3.05) is 26.2 Å². The quantitative estimate of drug-likeness (QED) is 0.184. The number of carbonyl (C=O) groups is 7. The van der Waals surface area contributed by atoms with Crippen LogP contribution in [0.3, 0.4) is 0 Å². The Morgan fingerprint density at radius 3 is 1.81 bits per heavy atom. The third-order valence-electron chi connectivity index (χ3n) is 9.59. The number of nitrogens with one attached hydrogen (secondary N) is 5. The minimum Gasteiger partial charge on any atom is -0.508 e. The van der Waals surface area contributed by atoms with Crippen molar-refractivity contribution in [3.63, 3.8) is 0 Å². The third-order valence-corrected chi connectivity index (χ3v) is 9.59. The van der Waals surface area contributed by atoms with Crippen LogP contribution in [0.5, 0.6) is 5.75 Å². The van der Waals surface area contributed by atoms with Crippen molar-refractivity contribution in [1.29, 1.82) is 0 Å². The molecule has 0 bridgehead atoms. The van der Waals surface area contributed by atoms with Gasteiger partial charge in [0.25, 0.3) is 0 Å². The van der Waals surface area contributed by atoms with Gasteiger partial charge in [-0.25, -0.2) is 0 Å². The molecule has 0 radical (unpaired) electrons. The molecule has 7 N–H and O–H groups in total. The summed E-state index contributed by atoms with van der Waals surface area (Å²) < 4.78 is 0. The lowest BCUT2D eigenvalue weighted by Crippen LogP contribution is -2.59. The van der Waals surface area contributed by atoms with E-state index in [1.807, 2.05) is 27.7 Å². The Bertz CT molecular complexity index is 1480. The van der Waals surface area contributed by atoms with E-state index >= 15 is 0 Å². The van der Waals surface area contributed by atoms with Crippen molar-refractivity contribution in [3.05, 3.63) is 29.8 Å². The van der Waals surface area contributed by atoms with Crippen LogP contribution in [0.1, 0.15) is 71.8 Å². The molecule has 16 nitrogen and oxygen atoms in total. The first-order valence-electron chi connectivity index (χ1n) is 18.2. The lowest BCUT2D eigenvalue weighted by Gasteiger charge is -2.34. The van der Waals surface area contributed by atoms with E-state index in [1.165, 1.54) is 21.9 Å². The van der Waals surface area contributed by atoms with Gasteiger partial charge in [-0.1, -0.05) is 39.8 Å². The molecule has 7 amide bonds. The number of phenols is 1. The fraction of sp³-hybridized carbons (Fsp3) is 0.639. The van der Waals surface area contributed by atoms with Crippen LogP contribution in [0.2, 0.25) is 0 Å². The van der Waals surface area contributed by atoms with Gasteiger partial charge in [-0.2, -0.15) is 0 Å². The summed E-state index contributed by atoms with van der Waals surface area (Å²) in [4.78, 5) is 98.4. The van der Waals surface area contributed by atoms with Crippen LogP contribution in [-0.2, 0) is 40.0 Å². The molecule has 1 aromatic carbocycles. The molecule has 3 aliphatic heterocycles. The number of benzene rings is 1. The number of fused-ring (bicyclic) bond motifs is 2. The van der Waals surface area contributed by atoms with E-state index in [4.69, 9.17) is 0 Å². The standard InChI is InChI=1S/C36H53N7O9/c1-20(2)15-24-32(48)40-26(16-21(3)4)35(51)43-14-6-8-29(43)36(52)42-13-5-7-28(42)34(50)41-27(19-44)31(47)37-18-30(46)38-25(33(49)39-24)17-22-9-11-23(45)12-10-22/h9-12,20-21,24-29,44-45H,5-8,13-19H2,1-4H3,(H,37,47)(H,38,46)(H,39,49)(H,40,48)(H,41,50)/t24-,25-,26-,27-,28-,29-/m0/s1. The highest BCUT2D eigenvalue weighted by molar-refractivity contribution is 5.98. The fourth-order valence-corrected chi connectivity index (χ4v) is 7.00. The van der Waals surface area contributed by atoms with Crippen molar-refractivity contribution in [2.24, 2.45) is 11.8 Å². The summed E-state index contributed by atoms with van der Waals surface area (Å²) in [6.07, 6.45) is 2.18. The van der Waals surface area contributed by atoms with Crippen LogP contribution in [0.25, 0.3) is 0 Å². The smallest absolute Gasteiger partial charge is 0.246 e. The Labute approximate surface area is 303 Å². The maximum absolute atomic E-state index is 14.2. The highest BCUT2D eigenvalue weighted by Gasteiger charge is 2.44. The number of amides is 7. The van der Waals surface area contributed by atoms with Crippen LogP contribution >= 0.6 is 0 Å². The number of aliphatic hydroxyl groups is 1. The van der Waals surface area contributed by atoms with Crippen molar-refractivity contribution in [2.45, 2.75) is 109 Å². The number of aromatic hydroxyl groups is 1. The highest BCUT2D eigenvalue weighted by atomic mass is 16.3. The van der Waals surface area contributed by atoms with Gasteiger partial charge in [0.15, 0.2) is 0 Å². The Hall–Kier alpha value is -4.73. The van der Waals surface area contributed by atoms with E-state index in [2.05, 4.69) is 26.6 Å². The summed E-state index contributed by atoms with van der Waals surface area (Å²) in [7, 11) is 0. The average molecular weight is 728 g/mol. The van der Waals surface area contributed by atoms with E-state index in [9.17, 15) is 43.8 Å². The van der Waals surface area contributed by atoms with Gasteiger partial charge in [0.2, 0.25) is 41.4 Å². The van der Waals surface area contributed by atoms with E-state index < -0.39 is 90.8 Å². The summed E-state index contributed by atoms with van der Waals surface area (Å²) in [6, 6.07) is -0.545. The molecule has 3 fully saturated rings. The Morgan fingerprint density at radius 1 is 0.654 bits per heavy atom. The number of aliphatic hydroxyl groups excluding tert-OH is 1. The lowest BCUT2D eigenvalue weighted by molar-refractivity contribution is -0.148. The second kappa shape index (κ2) is 18.2. The van der Waals surface area contributed by atoms with Gasteiger partial charge < -0.3 is 46.6 Å². The molecule has 6 atom stereocenters. The molecule has 0 saturated carbocycles. The predicted octanol–water partition coefficient (Wildman–Crippen LogP) is -0.930.